The van der Waals surface area contributed by atoms with Gasteiger partial charge in [-0.05, 0) is 50.4 Å². The molecule has 3 rings (SSSR count). The Kier molecular flexibility index (Phi) is 6.00. The van der Waals surface area contributed by atoms with Gasteiger partial charge >= 0.3 is 0 Å². The molecule has 0 bridgehead atoms. The predicted molar refractivity (Wildman–Crippen MR) is 97.5 cm³/mol. The molecule has 1 aliphatic heterocycles. The second kappa shape index (κ2) is 8.41. The lowest BCUT2D eigenvalue weighted by Gasteiger charge is -2.42. The summed E-state index contributed by atoms with van der Waals surface area (Å²) in [5, 5.41) is 0. The average Bonchev–Trinajstić information content (AvgIpc) is 3.17. The number of para-hydroxylation sites is 1. The maximum atomic E-state index is 12.9. The molecule has 0 aromatic heterocycles. The Bertz CT molecular complexity index is 648. The topological polar surface area (TPSA) is 53.0 Å². The molecule has 1 aromatic rings. The van der Waals surface area contributed by atoms with E-state index in [9.17, 15) is 9.59 Å². The highest BCUT2D eigenvalue weighted by Gasteiger charge is 2.35. The third-order valence-corrected chi connectivity index (χ3v) is 5.69. The molecule has 1 saturated carbocycles. The summed E-state index contributed by atoms with van der Waals surface area (Å²) in [4.78, 5) is 31.7. The summed E-state index contributed by atoms with van der Waals surface area (Å²) < 4.78 is 0. The Balaban J connectivity index is 1.71. The molecule has 2 aliphatic rings. The van der Waals surface area contributed by atoms with Gasteiger partial charge < -0.3 is 4.90 Å². The van der Waals surface area contributed by atoms with Crippen molar-refractivity contribution in [2.75, 3.05) is 20.1 Å². The molecule has 1 amide bonds. The van der Waals surface area contributed by atoms with Crippen LogP contribution >= 0.6 is 0 Å². The summed E-state index contributed by atoms with van der Waals surface area (Å²) in [5.41, 5.74) is 1.33. The van der Waals surface area contributed by atoms with Gasteiger partial charge in [-0.3, -0.25) is 9.69 Å². The second-order valence-electron chi connectivity index (χ2n) is 7.18. The van der Waals surface area contributed by atoms with Crippen molar-refractivity contribution >= 4 is 17.7 Å². The van der Waals surface area contributed by atoms with Gasteiger partial charge in [0.15, 0.2) is 0 Å². The highest BCUT2D eigenvalue weighted by Crippen LogP contribution is 2.29. The SMILES string of the molecule is CN(C(=O)Cc1ccccc1N=C=O)[C@@H]1CCCC[C@H]1N1CCCC1. The van der Waals surface area contributed by atoms with Crippen LogP contribution in [0.3, 0.4) is 0 Å². The normalized spacial score (nSPS) is 23.9. The van der Waals surface area contributed by atoms with Crippen molar-refractivity contribution in [1.82, 2.24) is 9.80 Å². The van der Waals surface area contributed by atoms with Crippen LogP contribution in [0.25, 0.3) is 0 Å². The number of hydrogen-bond acceptors (Lipinski definition) is 4. The fourth-order valence-electron chi connectivity index (χ4n) is 4.33. The molecule has 1 aliphatic carbocycles. The Morgan fingerprint density at radius 2 is 1.92 bits per heavy atom. The second-order valence-corrected chi connectivity index (χ2v) is 7.18. The molecule has 5 nitrogen and oxygen atoms in total. The molecule has 2 atom stereocenters. The minimum absolute atomic E-state index is 0.102. The van der Waals surface area contributed by atoms with Crippen LogP contribution in [0, 0.1) is 0 Å². The van der Waals surface area contributed by atoms with Crippen molar-refractivity contribution in [3.05, 3.63) is 29.8 Å². The van der Waals surface area contributed by atoms with E-state index in [0.29, 0.717) is 17.8 Å². The van der Waals surface area contributed by atoms with E-state index < -0.39 is 0 Å². The quantitative estimate of drug-likeness (QED) is 0.611. The lowest BCUT2D eigenvalue weighted by Crippen LogP contribution is -2.53. The molecule has 1 heterocycles. The van der Waals surface area contributed by atoms with E-state index >= 15 is 0 Å². The number of carbonyl (C=O) groups excluding carboxylic acids is 2. The number of benzene rings is 1. The van der Waals surface area contributed by atoms with Gasteiger partial charge in [0.05, 0.1) is 12.1 Å². The zero-order valence-electron chi connectivity index (χ0n) is 15.0. The maximum absolute atomic E-state index is 12.9. The number of isocyanates is 1. The summed E-state index contributed by atoms with van der Waals surface area (Å²) in [7, 11) is 1.94. The van der Waals surface area contributed by atoms with Gasteiger partial charge in [-0.25, -0.2) is 4.79 Å². The van der Waals surface area contributed by atoms with E-state index in [2.05, 4.69) is 9.89 Å². The first kappa shape index (κ1) is 17.8. The molecule has 25 heavy (non-hydrogen) atoms. The van der Waals surface area contributed by atoms with Gasteiger partial charge in [0.25, 0.3) is 0 Å². The number of likely N-dealkylation sites (N-methyl/N-ethyl adjacent to an activating group) is 1. The van der Waals surface area contributed by atoms with E-state index in [1.165, 1.54) is 45.2 Å². The fraction of sp³-hybridized carbons (Fsp3) is 0.600. The highest BCUT2D eigenvalue weighted by atomic mass is 16.2. The molecule has 134 valence electrons. The monoisotopic (exact) mass is 341 g/mol. The van der Waals surface area contributed by atoms with Gasteiger partial charge in [0.1, 0.15) is 0 Å². The van der Waals surface area contributed by atoms with Crippen molar-refractivity contribution in [2.24, 2.45) is 4.99 Å². The molecule has 5 heteroatoms. The van der Waals surface area contributed by atoms with E-state index in [0.717, 1.165) is 12.0 Å². The van der Waals surface area contributed by atoms with Crippen LogP contribution in [-0.2, 0) is 16.0 Å². The van der Waals surface area contributed by atoms with E-state index in [1.807, 2.05) is 30.1 Å². The minimum atomic E-state index is 0.102. The summed E-state index contributed by atoms with van der Waals surface area (Å²) >= 11 is 0. The van der Waals surface area contributed by atoms with Crippen LogP contribution in [0.1, 0.15) is 44.1 Å². The number of rotatable bonds is 5. The molecule has 2 fully saturated rings. The Morgan fingerprint density at radius 3 is 2.68 bits per heavy atom. The summed E-state index contributed by atoms with van der Waals surface area (Å²) in [6.45, 7) is 2.33. The number of carbonyl (C=O) groups is 1. The third-order valence-electron chi connectivity index (χ3n) is 5.69. The van der Waals surface area contributed by atoms with Gasteiger partial charge in [-0.2, -0.15) is 4.99 Å². The largest absolute Gasteiger partial charge is 0.341 e. The number of hydrogen-bond donors (Lipinski definition) is 0. The third kappa shape index (κ3) is 4.17. The first-order valence-electron chi connectivity index (χ1n) is 9.36. The minimum Gasteiger partial charge on any atom is -0.341 e. The maximum Gasteiger partial charge on any atom is 0.240 e. The van der Waals surface area contributed by atoms with Crippen LogP contribution in [0.4, 0.5) is 5.69 Å². The number of amides is 1. The van der Waals surface area contributed by atoms with E-state index in [1.54, 1.807) is 12.1 Å². The van der Waals surface area contributed by atoms with E-state index in [-0.39, 0.29) is 12.3 Å². The zero-order valence-corrected chi connectivity index (χ0v) is 15.0. The summed E-state index contributed by atoms with van der Waals surface area (Å²) in [6.07, 6.45) is 9.13. The summed E-state index contributed by atoms with van der Waals surface area (Å²) in [5.74, 6) is 0.102. The van der Waals surface area contributed by atoms with Gasteiger partial charge in [-0.1, -0.05) is 31.0 Å². The average molecular weight is 341 g/mol. The van der Waals surface area contributed by atoms with Gasteiger partial charge in [-0.15, -0.1) is 0 Å². The molecule has 1 aromatic carbocycles. The fourth-order valence-corrected chi connectivity index (χ4v) is 4.33. The molecular formula is C20H27N3O2. The van der Waals surface area contributed by atoms with Crippen molar-refractivity contribution in [1.29, 1.82) is 0 Å². The number of aliphatic imine (C=N–C) groups is 1. The molecule has 0 radical (unpaired) electrons. The lowest BCUT2D eigenvalue weighted by molar-refractivity contribution is -0.133. The number of likely N-dealkylation sites (tertiary alicyclic amines) is 1. The van der Waals surface area contributed by atoms with Gasteiger partial charge in [0, 0.05) is 19.1 Å². The molecular weight excluding hydrogens is 314 g/mol. The van der Waals surface area contributed by atoms with E-state index in [4.69, 9.17) is 0 Å². The van der Waals surface area contributed by atoms with Crippen LogP contribution < -0.4 is 0 Å². The predicted octanol–water partition coefficient (Wildman–Crippen LogP) is 3.06. The van der Waals surface area contributed by atoms with Crippen molar-refractivity contribution in [3.8, 4) is 0 Å². The number of nitrogens with zero attached hydrogens (tertiary/aromatic N) is 3. The zero-order chi connectivity index (χ0) is 17.6. The first-order chi connectivity index (χ1) is 12.2. The lowest BCUT2D eigenvalue weighted by atomic mass is 9.88. The van der Waals surface area contributed by atoms with Gasteiger partial charge in [0.2, 0.25) is 12.0 Å². The van der Waals surface area contributed by atoms with Crippen molar-refractivity contribution in [2.45, 2.75) is 57.0 Å². The standard InChI is InChI=1S/C20H27N3O2/c1-22(18-10-4-5-11-19(18)23-12-6-7-13-23)20(25)14-16-8-2-3-9-17(16)21-15-24/h2-3,8-9,18-19H,4-7,10-14H2,1H3/t18-,19-/m1/s1. The van der Waals surface area contributed by atoms with Crippen LogP contribution in [-0.4, -0.2) is 54.0 Å². The highest BCUT2D eigenvalue weighted by molar-refractivity contribution is 5.80. The Hall–Kier alpha value is -1.97. The Labute approximate surface area is 149 Å². The van der Waals surface area contributed by atoms with Crippen LogP contribution in [0.5, 0.6) is 0 Å². The Morgan fingerprint density at radius 1 is 1.20 bits per heavy atom. The van der Waals surface area contributed by atoms with Crippen molar-refractivity contribution in [3.63, 3.8) is 0 Å². The summed E-state index contributed by atoms with van der Waals surface area (Å²) in [6, 6.07) is 8.09. The van der Waals surface area contributed by atoms with Crippen LogP contribution in [0.2, 0.25) is 0 Å². The molecule has 0 N–H and O–H groups in total. The van der Waals surface area contributed by atoms with Crippen LogP contribution in [0.15, 0.2) is 29.3 Å². The first-order valence-corrected chi connectivity index (χ1v) is 9.36. The molecule has 1 saturated heterocycles. The molecule has 0 unspecified atom stereocenters. The molecule has 0 spiro atoms. The smallest absolute Gasteiger partial charge is 0.240 e. The van der Waals surface area contributed by atoms with Crippen molar-refractivity contribution < 1.29 is 9.59 Å².